The van der Waals surface area contributed by atoms with Gasteiger partial charge in [-0.1, -0.05) is 0 Å². The third-order valence-electron chi connectivity index (χ3n) is 4.47. The van der Waals surface area contributed by atoms with E-state index < -0.39 is 12.1 Å². The number of ketones is 1. The van der Waals surface area contributed by atoms with Crippen molar-refractivity contribution in [3.8, 4) is 28.7 Å². The number of esters is 1. The van der Waals surface area contributed by atoms with Gasteiger partial charge in [0.05, 0.1) is 34.0 Å². The van der Waals surface area contributed by atoms with Crippen molar-refractivity contribution in [2.45, 2.75) is 13.0 Å². The molecule has 1 heterocycles. The van der Waals surface area contributed by atoms with E-state index in [1.54, 1.807) is 43.3 Å². The number of hydrogen-bond acceptors (Lipinski definition) is 8. The zero-order chi connectivity index (χ0) is 21.8. The number of allylic oxidation sites excluding steroid dienone is 1. The predicted octanol–water partition coefficient (Wildman–Crippen LogP) is 3.27. The molecule has 2 aromatic carbocycles. The molecule has 2 aromatic rings. The third-order valence-corrected chi connectivity index (χ3v) is 4.47. The molecule has 0 fully saturated rings. The third kappa shape index (κ3) is 4.03. The summed E-state index contributed by atoms with van der Waals surface area (Å²) < 4.78 is 31.9. The molecule has 30 heavy (non-hydrogen) atoms. The predicted molar refractivity (Wildman–Crippen MR) is 108 cm³/mol. The Balaban J connectivity index is 1.89. The topological polar surface area (TPSA) is 89.5 Å². The molecule has 8 nitrogen and oxygen atoms in total. The van der Waals surface area contributed by atoms with Gasteiger partial charge >= 0.3 is 5.97 Å². The minimum atomic E-state index is -0.792. The van der Waals surface area contributed by atoms with Crippen LogP contribution in [0.3, 0.4) is 0 Å². The van der Waals surface area contributed by atoms with Gasteiger partial charge < -0.3 is 28.4 Å². The maximum atomic E-state index is 12.7. The molecule has 0 unspecified atom stereocenters. The van der Waals surface area contributed by atoms with Gasteiger partial charge in [-0.15, -0.1) is 0 Å². The Labute approximate surface area is 173 Å². The highest BCUT2D eigenvalue weighted by Gasteiger charge is 2.28. The monoisotopic (exact) mass is 414 g/mol. The molecule has 0 radical (unpaired) electrons. The fourth-order valence-electron chi connectivity index (χ4n) is 2.99. The number of Topliss-reactive ketones (excluding diaryl/α,β-unsaturated/α-hetero) is 1. The van der Waals surface area contributed by atoms with E-state index in [0.717, 1.165) is 0 Å². The zero-order valence-corrected chi connectivity index (χ0v) is 17.3. The van der Waals surface area contributed by atoms with Gasteiger partial charge in [0.25, 0.3) is 0 Å². The number of methoxy groups -OCH3 is 4. The van der Waals surface area contributed by atoms with Crippen molar-refractivity contribution in [3.63, 3.8) is 0 Å². The molecule has 158 valence electrons. The lowest BCUT2D eigenvalue weighted by Crippen LogP contribution is -2.24. The maximum Gasteiger partial charge on any atom is 0.346 e. The average Bonchev–Trinajstić information content (AvgIpc) is 3.06. The Morgan fingerprint density at radius 3 is 2.23 bits per heavy atom. The van der Waals surface area contributed by atoms with Gasteiger partial charge in [-0.3, -0.25) is 4.79 Å². The average molecular weight is 414 g/mol. The summed E-state index contributed by atoms with van der Waals surface area (Å²) in [6.45, 7) is 1.57. The van der Waals surface area contributed by atoms with Crippen molar-refractivity contribution in [3.05, 3.63) is 47.2 Å². The van der Waals surface area contributed by atoms with Gasteiger partial charge in [-0.05, 0) is 42.8 Å². The van der Waals surface area contributed by atoms with Crippen molar-refractivity contribution >= 4 is 17.8 Å². The first-order valence-electron chi connectivity index (χ1n) is 9.04. The summed E-state index contributed by atoms with van der Waals surface area (Å²) in [7, 11) is 5.82. The molecular formula is C22H22O8. The van der Waals surface area contributed by atoms with Crippen molar-refractivity contribution in [2.75, 3.05) is 28.4 Å². The standard InChI is InChI=1S/C22H22O8/c1-12(22(24)28-5)29-14-6-7-15-16(11-14)30-17(20(15)23)8-13-9-18(25-2)21(27-4)19(10-13)26-3/h6-12H,1-5H3/t12-/m1/s1. The molecular weight excluding hydrogens is 392 g/mol. The molecule has 8 heteroatoms. The fourth-order valence-corrected chi connectivity index (χ4v) is 2.99. The number of carbonyl (C=O) groups is 2. The normalized spacial score (nSPS) is 14.6. The first-order chi connectivity index (χ1) is 14.4. The van der Waals surface area contributed by atoms with Crippen molar-refractivity contribution in [2.24, 2.45) is 0 Å². The number of carbonyl (C=O) groups excluding carboxylic acids is 2. The summed E-state index contributed by atoms with van der Waals surface area (Å²) in [4.78, 5) is 24.3. The van der Waals surface area contributed by atoms with Crippen LogP contribution in [0.2, 0.25) is 0 Å². The Morgan fingerprint density at radius 1 is 1.00 bits per heavy atom. The minimum absolute atomic E-state index is 0.137. The largest absolute Gasteiger partial charge is 0.493 e. The molecule has 1 aliphatic rings. The van der Waals surface area contributed by atoms with E-state index in [2.05, 4.69) is 4.74 Å². The van der Waals surface area contributed by atoms with Gasteiger partial charge in [0, 0.05) is 6.07 Å². The van der Waals surface area contributed by atoms with Crippen LogP contribution in [0.5, 0.6) is 28.7 Å². The van der Waals surface area contributed by atoms with E-state index in [4.69, 9.17) is 23.7 Å². The molecule has 3 rings (SSSR count). The Bertz CT molecular complexity index is 983. The van der Waals surface area contributed by atoms with Crippen LogP contribution in [0.4, 0.5) is 0 Å². The summed E-state index contributed by atoms with van der Waals surface area (Å²) in [5.74, 6) is 1.45. The number of fused-ring (bicyclic) bond motifs is 1. The summed E-state index contributed by atoms with van der Waals surface area (Å²) >= 11 is 0. The lowest BCUT2D eigenvalue weighted by atomic mass is 10.1. The Kier molecular flexibility index (Phi) is 6.15. The van der Waals surface area contributed by atoms with Crippen LogP contribution < -0.4 is 23.7 Å². The second-order valence-corrected chi connectivity index (χ2v) is 6.34. The second kappa shape index (κ2) is 8.77. The maximum absolute atomic E-state index is 12.7. The molecule has 0 spiro atoms. The van der Waals surface area contributed by atoms with Gasteiger partial charge in [-0.2, -0.15) is 0 Å². The van der Waals surface area contributed by atoms with Crippen LogP contribution in [-0.4, -0.2) is 46.3 Å². The van der Waals surface area contributed by atoms with E-state index >= 15 is 0 Å². The smallest absolute Gasteiger partial charge is 0.346 e. The number of ether oxygens (including phenoxy) is 6. The summed E-state index contributed by atoms with van der Waals surface area (Å²) in [6.07, 6.45) is 0.795. The molecule has 1 aliphatic heterocycles. The second-order valence-electron chi connectivity index (χ2n) is 6.34. The summed E-state index contributed by atoms with van der Waals surface area (Å²) in [5, 5.41) is 0. The van der Waals surface area contributed by atoms with Gasteiger partial charge in [-0.25, -0.2) is 4.79 Å². The summed E-state index contributed by atoms with van der Waals surface area (Å²) in [6, 6.07) is 8.17. The van der Waals surface area contributed by atoms with E-state index in [0.29, 0.717) is 39.9 Å². The highest BCUT2D eigenvalue weighted by molar-refractivity contribution is 6.14. The van der Waals surface area contributed by atoms with Crippen LogP contribution in [0.15, 0.2) is 36.1 Å². The molecule has 0 aromatic heterocycles. The number of benzene rings is 2. The van der Waals surface area contributed by atoms with Crippen molar-refractivity contribution < 1.29 is 38.0 Å². The SMILES string of the molecule is COC(=O)[C@@H](C)Oc1ccc2c(c1)OC(=Cc1cc(OC)c(OC)c(OC)c1)C2=O. The van der Waals surface area contributed by atoms with Gasteiger partial charge in [0.2, 0.25) is 11.5 Å². The van der Waals surface area contributed by atoms with E-state index in [1.165, 1.54) is 28.4 Å². The quantitative estimate of drug-likeness (QED) is 0.504. The molecule has 0 saturated carbocycles. The minimum Gasteiger partial charge on any atom is -0.493 e. The van der Waals surface area contributed by atoms with E-state index in [-0.39, 0.29) is 11.5 Å². The number of rotatable bonds is 7. The molecule has 0 N–H and O–H groups in total. The van der Waals surface area contributed by atoms with Crippen molar-refractivity contribution in [1.82, 2.24) is 0 Å². The van der Waals surface area contributed by atoms with Crippen LogP contribution in [0.25, 0.3) is 6.08 Å². The highest BCUT2D eigenvalue weighted by atomic mass is 16.6. The molecule has 1 atom stereocenters. The lowest BCUT2D eigenvalue weighted by Gasteiger charge is -2.13. The lowest BCUT2D eigenvalue weighted by molar-refractivity contribution is -0.147. The van der Waals surface area contributed by atoms with Crippen LogP contribution in [0, 0.1) is 0 Å². The van der Waals surface area contributed by atoms with Gasteiger partial charge in [0.15, 0.2) is 23.4 Å². The van der Waals surface area contributed by atoms with E-state index in [9.17, 15) is 9.59 Å². The molecule has 0 bridgehead atoms. The Morgan fingerprint density at radius 2 is 1.67 bits per heavy atom. The first-order valence-corrected chi connectivity index (χ1v) is 9.04. The molecule has 0 aliphatic carbocycles. The van der Waals surface area contributed by atoms with Crippen LogP contribution in [-0.2, 0) is 9.53 Å². The van der Waals surface area contributed by atoms with Crippen LogP contribution in [0.1, 0.15) is 22.8 Å². The fraction of sp³-hybridized carbons (Fsp3) is 0.273. The number of hydrogen-bond donors (Lipinski definition) is 0. The molecule has 0 amide bonds. The first kappa shape index (κ1) is 21.0. The highest BCUT2D eigenvalue weighted by Crippen LogP contribution is 2.40. The van der Waals surface area contributed by atoms with Crippen molar-refractivity contribution in [1.29, 1.82) is 0 Å². The van der Waals surface area contributed by atoms with Crippen LogP contribution >= 0.6 is 0 Å². The van der Waals surface area contributed by atoms with Gasteiger partial charge in [0.1, 0.15) is 11.5 Å². The summed E-state index contributed by atoms with van der Waals surface area (Å²) in [5.41, 5.74) is 1.03. The Hall–Kier alpha value is -3.68. The zero-order valence-electron chi connectivity index (χ0n) is 17.3. The van der Waals surface area contributed by atoms with E-state index in [1.807, 2.05) is 0 Å². The molecule has 0 saturated heterocycles.